The summed E-state index contributed by atoms with van der Waals surface area (Å²) in [6, 6.07) is 4.01. The van der Waals surface area contributed by atoms with E-state index in [0.717, 1.165) is 6.26 Å². The van der Waals surface area contributed by atoms with Crippen LogP contribution in [0.4, 0.5) is 16.3 Å². The third kappa shape index (κ3) is 9.56. The number of ether oxygens (including phenoxy) is 2. The predicted octanol–water partition coefficient (Wildman–Crippen LogP) is 2.77. The monoisotopic (exact) mass is 503 g/mol. The fourth-order valence-electron chi connectivity index (χ4n) is 2.78. The van der Waals surface area contributed by atoms with Crippen molar-refractivity contribution in [1.29, 1.82) is 0 Å². The van der Waals surface area contributed by atoms with Gasteiger partial charge in [-0.25, -0.2) is 12.8 Å². The van der Waals surface area contributed by atoms with Gasteiger partial charge in [0.05, 0.1) is 26.0 Å². The molecule has 0 saturated heterocycles. The highest BCUT2D eigenvalue weighted by molar-refractivity contribution is 7.99. The molecule has 10 nitrogen and oxygen atoms in total. The molecule has 0 unspecified atom stereocenters. The third-order valence-corrected chi connectivity index (χ3v) is 5.60. The summed E-state index contributed by atoms with van der Waals surface area (Å²) in [5, 5.41) is 12.8. The van der Waals surface area contributed by atoms with Crippen LogP contribution in [-0.4, -0.2) is 66.3 Å². The van der Waals surface area contributed by atoms with Gasteiger partial charge in [-0.05, 0) is 31.4 Å². The molecule has 0 aliphatic carbocycles. The van der Waals surface area contributed by atoms with Gasteiger partial charge in [0.25, 0.3) is 0 Å². The fraction of sp³-hybridized carbons (Fsp3) is 0.550. The Labute approximate surface area is 197 Å². The lowest BCUT2D eigenvalue weighted by atomic mass is 10.0. The van der Waals surface area contributed by atoms with E-state index in [1.54, 1.807) is 6.07 Å². The molecule has 0 radical (unpaired) electrons. The minimum absolute atomic E-state index is 0.125. The minimum Gasteiger partial charge on any atom is -0.494 e. The van der Waals surface area contributed by atoms with Crippen molar-refractivity contribution in [2.24, 2.45) is 5.92 Å². The zero-order valence-corrected chi connectivity index (χ0v) is 20.8. The molecule has 0 amide bonds. The maximum Gasteiger partial charge on any atom is 0.242 e. The summed E-state index contributed by atoms with van der Waals surface area (Å²) in [5.41, 5.74) is 0. The number of nitrogens with zero attached hydrogens (tertiary/aromatic N) is 3. The summed E-state index contributed by atoms with van der Waals surface area (Å²) in [6.45, 7) is 5.98. The number of hydrogen-bond acceptors (Lipinski definition) is 10. The number of aromatic nitrogens is 3. The van der Waals surface area contributed by atoms with Crippen molar-refractivity contribution < 1.29 is 27.4 Å². The van der Waals surface area contributed by atoms with Gasteiger partial charge >= 0.3 is 0 Å². The summed E-state index contributed by atoms with van der Waals surface area (Å²) in [7, 11) is -2.23. The molecular formula is C20H30FN5O5S2. The van der Waals surface area contributed by atoms with Crippen LogP contribution in [0.1, 0.15) is 27.2 Å². The van der Waals surface area contributed by atoms with Gasteiger partial charge in [0.15, 0.2) is 16.7 Å². The summed E-state index contributed by atoms with van der Waals surface area (Å²) in [6.07, 6.45) is 1.67. The number of hydrogen-bond donors (Lipinski definition) is 3. The summed E-state index contributed by atoms with van der Waals surface area (Å²) in [5.74, 6) is 0.267. The molecule has 1 aromatic heterocycles. The molecule has 0 aliphatic heterocycles. The van der Waals surface area contributed by atoms with Crippen LogP contribution in [-0.2, 0) is 10.0 Å². The molecule has 0 spiro atoms. The zero-order chi connectivity index (χ0) is 24.6. The third-order valence-electron chi connectivity index (χ3n) is 4.12. The first-order valence-electron chi connectivity index (χ1n) is 10.2. The van der Waals surface area contributed by atoms with Gasteiger partial charge in [0.1, 0.15) is 12.4 Å². The number of methoxy groups -OCH3 is 1. The number of aliphatic hydroxyl groups is 1. The van der Waals surface area contributed by atoms with E-state index in [2.05, 4.69) is 25.0 Å². The van der Waals surface area contributed by atoms with Gasteiger partial charge in [0.2, 0.25) is 21.9 Å². The maximum absolute atomic E-state index is 13.8. The smallest absolute Gasteiger partial charge is 0.242 e. The van der Waals surface area contributed by atoms with E-state index in [-0.39, 0.29) is 47.3 Å². The largest absolute Gasteiger partial charge is 0.494 e. The number of sulfonamides is 1. The Kier molecular flexibility index (Phi) is 9.92. The first kappa shape index (κ1) is 26.9. The van der Waals surface area contributed by atoms with Crippen molar-refractivity contribution in [1.82, 2.24) is 15.0 Å². The maximum atomic E-state index is 13.8. The first-order valence-corrected chi connectivity index (χ1v) is 13.0. The summed E-state index contributed by atoms with van der Waals surface area (Å²) < 4.78 is 49.9. The van der Waals surface area contributed by atoms with Crippen molar-refractivity contribution in [3.63, 3.8) is 0 Å². The van der Waals surface area contributed by atoms with Crippen LogP contribution in [0.15, 0.2) is 23.4 Å². The predicted molar refractivity (Wildman–Crippen MR) is 126 cm³/mol. The number of aliphatic hydroxyl groups excluding tert-OH is 1. The molecule has 1 aromatic carbocycles. The van der Waals surface area contributed by atoms with Crippen LogP contribution in [0.5, 0.6) is 11.5 Å². The lowest BCUT2D eigenvalue weighted by Gasteiger charge is -2.19. The van der Waals surface area contributed by atoms with Gasteiger partial charge < -0.3 is 19.9 Å². The van der Waals surface area contributed by atoms with Gasteiger partial charge in [-0.1, -0.05) is 25.6 Å². The lowest BCUT2D eigenvalue weighted by molar-refractivity contribution is 0.259. The fourth-order valence-corrected chi connectivity index (χ4v) is 3.98. The standard InChI is InChI=1S/C20H30FN5O5S2/c1-12(2)8-14(10-27)22-18-23-19(26-33(5,28)29)25-20(24-18)32-13(3)11-31-15-6-7-17(30-4)16(21)9-15/h6-7,9,12-14,27H,8,10-11H2,1-5H3,(H2,22,23,24,25,26)/t13-,14+/m0/s1. The second-order valence-corrected chi connectivity index (χ2v) is 11.0. The van der Waals surface area contributed by atoms with E-state index in [1.807, 2.05) is 20.8 Å². The minimum atomic E-state index is -3.61. The topological polar surface area (TPSA) is 136 Å². The molecule has 0 fully saturated rings. The molecule has 2 atom stereocenters. The zero-order valence-electron chi connectivity index (χ0n) is 19.2. The second-order valence-electron chi connectivity index (χ2n) is 7.83. The number of benzene rings is 1. The second kappa shape index (κ2) is 12.2. The Balaban J connectivity index is 2.13. The van der Waals surface area contributed by atoms with Crippen LogP contribution in [0, 0.1) is 11.7 Å². The van der Waals surface area contributed by atoms with E-state index in [4.69, 9.17) is 9.47 Å². The Morgan fingerprint density at radius 3 is 2.45 bits per heavy atom. The Morgan fingerprint density at radius 1 is 1.18 bits per heavy atom. The normalized spacial score (nSPS) is 13.5. The van der Waals surface area contributed by atoms with Crippen molar-refractivity contribution in [3.8, 4) is 11.5 Å². The molecule has 33 heavy (non-hydrogen) atoms. The number of halogens is 1. The molecule has 184 valence electrons. The van der Waals surface area contributed by atoms with E-state index < -0.39 is 15.8 Å². The molecule has 0 saturated carbocycles. The molecule has 13 heteroatoms. The SMILES string of the molecule is COc1ccc(OC[C@H](C)Sc2nc(N[C@@H](CO)CC(C)C)nc(NS(C)(=O)=O)n2)cc1F. The van der Waals surface area contributed by atoms with Crippen molar-refractivity contribution in [3.05, 3.63) is 24.0 Å². The van der Waals surface area contributed by atoms with Gasteiger partial charge in [-0.2, -0.15) is 15.0 Å². The highest BCUT2D eigenvalue weighted by Crippen LogP contribution is 2.25. The van der Waals surface area contributed by atoms with Crippen LogP contribution in [0.2, 0.25) is 0 Å². The van der Waals surface area contributed by atoms with Crippen LogP contribution in [0.25, 0.3) is 0 Å². The Morgan fingerprint density at radius 2 is 1.88 bits per heavy atom. The number of anilines is 2. The van der Waals surface area contributed by atoms with E-state index in [1.165, 1.54) is 31.0 Å². The van der Waals surface area contributed by atoms with E-state index in [9.17, 15) is 17.9 Å². The van der Waals surface area contributed by atoms with Crippen molar-refractivity contribution >= 4 is 33.7 Å². The molecule has 3 N–H and O–H groups in total. The Bertz CT molecular complexity index is 1030. The Hall–Kier alpha value is -2.38. The lowest BCUT2D eigenvalue weighted by Crippen LogP contribution is -2.27. The molecular weight excluding hydrogens is 473 g/mol. The molecule has 2 aromatic rings. The summed E-state index contributed by atoms with van der Waals surface area (Å²) >= 11 is 1.23. The highest BCUT2D eigenvalue weighted by atomic mass is 32.2. The molecule has 0 bridgehead atoms. The van der Waals surface area contributed by atoms with E-state index in [0.29, 0.717) is 18.1 Å². The van der Waals surface area contributed by atoms with E-state index >= 15 is 0 Å². The number of nitrogens with one attached hydrogen (secondary N) is 2. The number of thioether (sulfide) groups is 1. The average Bonchev–Trinajstić information content (AvgIpc) is 2.70. The van der Waals surface area contributed by atoms with Crippen molar-refractivity contribution in [2.45, 2.75) is 43.6 Å². The molecule has 2 rings (SSSR count). The van der Waals surface area contributed by atoms with Crippen LogP contribution >= 0.6 is 11.8 Å². The van der Waals surface area contributed by atoms with Gasteiger partial charge in [0, 0.05) is 11.3 Å². The average molecular weight is 504 g/mol. The van der Waals surface area contributed by atoms with Gasteiger partial charge in [-0.15, -0.1) is 0 Å². The number of rotatable bonds is 13. The quantitative estimate of drug-likeness (QED) is 0.350. The van der Waals surface area contributed by atoms with Crippen molar-refractivity contribution in [2.75, 3.05) is 36.6 Å². The molecule has 1 heterocycles. The molecule has 0 aliphatic rings. The first-order chi connectivity index (χ1) is 15.5. The summed E-state index contributed by atoms with van der Waals surface area (Å²) in [4.78, 5) is 12.6. The van der Waals surface area contributed by atoms with Gasteiger partial charge in [-0.3, -0.25) is 4.72 Å². The highest BCUT2D eigenvalue weighted by Gasteiger charge is 2.17. The van der Waals surface area contributed by atoms with Crippen LogP contribution < -0.4 is 19.5 Å². The van der Waals surface area contributed by atoms with Crippen LogP contribution in [0.3, 0.4) is 0 Å².